The smallest absolute Gasteiger partial charge is 0.335 e. The summed E-state index contributed by atoms with van der Waals surface area (Å²) < 4.78 is 2.03. The van der Waals surface area contributed by atoms with Crippen molar-refractivity contribution in [3.05, 3.63) is 29.6 Å². The SMILES string of the molecule is CCC(CCO)n1c(C)nc2ccc(C(=O)O)cc21. The maximum absolute atomic E-state index is 11.1. The average Bonchev–Trinajstić information content (AvgIpc) is 2.71. The molecule has 0 amide bonds. The maximum atomic E-state index is 11.1. The van der Waals surface area contributed by atoms with Crippen molar-refractivity contribution in [3.63, 3.8) is 0 Å². The summed E-state index contributed by atoms with van der Waals surface area (Å²) in [5, 5.41) is 18.2. The van der Waals surface area contributed by atoms with E-state index in [1.807, 2.05) is 18.4 Å². The molecule has 0 aliphatic rings. The molecule has 0 radical (unpaired) electrons. The first-order valence-electron chi connectivity index (χ1n) is 6.41. The van der Waals surface area contributed by atoms with Crippen LogP contribution in [0.1, 0.15) is 42.0 Å². The van der Waals surface area contributed by atoms with Gasteiger partial charge in [0.25, 0.3) is 0 Å². The lowest BCUT2D eigenvalue weighted by molar-refractivity contribution is 0.0697. The molecule has 0 fully saturated rings. The molecule has 5 nitrogen and oxygen atoms in total. The highest BCUT2D eigenvalue weighted by Crippen LogP contribution is 2.26. The van der Waals surface area contributed by atoms with Crippen LogP contribution in [0.3, 0.4) is 0 Å². The Morgan fingerprint density at radius 2 is 2.21 bits per heavy atom. The van der Waals surface area contributed by atoms with Crippen LogP contribution in [-0.2, 0) is 0 Å². The predicted molar refractivity (Wildman–Crippen MR) is 72.5 cm³/mol. The van der Waals surface area contributed by atoms with Crippen LogP contribution in [0.15, 0.2) is 18.2 Å². The molecule has 1 heterocycles. The van der Waals surface area contributed by atoms with Gasteiger partial charge in [0.1, 0.15) is 5.82 Å². The van der Waals surface area contributed by atoms with Gasteiger partial charge in [-0.1, -0.05) is 6.92 Å². The molecule has 5 heteroatoms. The number of carboxylic acids is 1. The normalized spacial score (nSPS) is 12.8. The number of aliphatic hydroxyl groups excluding tert-OH is 1. The largest absolute Gasteiger partial charge is 0.478 e. The Labute approximate surface area is 111 Å². The molecule has 1 aromatic carbocycles. The van der Waals surface area contributed by atoms with E-state index in [0.29, 0.717) is 6.42 Å². The molecular formula is C14H18N2O3. The highest BCUT2D eigenvalue weighted by molar-refractivity contribution is 5.92. The van der Waals surface area contributed by atoms with E-state index >= 15 is 0 Å². The zero-order valence-corrected chi connectivity index (χ0v) is 11.1. The number of aryl methyl sites for hydroxylation is 1. The monoisotopic (exact) mass is 262 g/mol. The van der Waals surface area contributed by atoms with Gasteiger partial charge in [-0.15, -0.1) is 0 Å². The molecular weight excluding hydrogens is 244 g/mol. The number of carboxylic acid groups (broad SMARTS) is 1. The molecule has 1 aromatic heterocycles. The number of aliphatic hydroxyl groups is 1. The van der Waals surface area contributed by atoms with Crippen LogP contribution in [0.25, 0.3) is 11.0 Å². The Kier molecular flexibility index (Phi) is 3.85. The van der Waals surface area contributed by atoms with E-state index in [9.17, 15) is 4.79 Å². The summed E-state index contributed by atoms with van der Waals surface area (Å²) in [7, 11) is 0. The van der Waals surface area contributed by atoms with Gasteiger partial charge in [-0.3, -0.25) is 0 Å². The summed E-state index contributed by atoms with van der Waals surface area (Å²) in [6.45, 7) is 4.06. The lowest BCUT2D eigenvalue weighted by Crippen LogP contribution is -2.11. The van der Waals surface area contributed by atoms with Gasteiger partial charge < -0.3 is 14.8 Å². The van der Waals surface area contributed by atoms with E-state index in [0.717, 1.165) is 23.3 Å². The first-order chi connectivity index (χ1) is 9.08. The zero-order chi connectivity index (χ0) is 14.0. The van der Waals surface area contributed by atoms with Crippen LogP contribution in [-0.4, -0.2) is 32.3 Å². The summed E-state index contributed by atoms with van der Waals surface area (Å²) in [6.07, 6.45) is 1.50. The molecule has 0 aliphatic heterocycles. The first-order valence-corrected chi connectivity index (χ1v) is 6.41. The number of benzene rings is 1. The number of aromatic carboxylic acids is 1. The second kappa shape index (κ2) is 5.40. The van der Waals surface area contributed by atoms with Crippen molar-refractivity contribution in [1.29, 1.82) is 0 Å². The van der Waals surface area contributed by atoms with Crippen molar-refractivity contribution < 1.29 is 15.0 Å². The van der Waals surface area contributed by atoms with Gasteiger partial charge in [0.2, 0.25) is 0 Å². The average molecular weight is 262 g/mol. The van der Waals surface area contributed by atoms with E-state index < -0.39 is 5.97 Å². The fourth-order valence-electron chi connectivity index (χ4n) is 2.47. The fraction of sp³-hybridized carbons (Fsp3) is 0.429. The van der Waals surface area contributed by atoms with E-state index in [1.54, 1.807) is 18.2 Å². The number of hydrogen-bond acceptors (Lipinski definition) is 3. The number of hydrogen-bond donors (Lipinski definition) is 2. The Bertz CT molecular complexity index is 604. The minimum atomic E-state index is -0.942. The second-order valence-electron chi connectivity index (χ2n) is 4.61. The number of carbonyl (C=O) groups is 1. The summed E-state index contributed by atoms with van der Waals surface area (Å²) in [6, 6.07) is 5.08. The number of nitrogens with zero attached hydrogens (tertiary/aromatic N) is 2. The predicted octanol–water partition coefficient (Wildman–Crippen LogP) is 2.38. The summed E-state index contributed by atoms with van der Waals surface area (Å²) >= 11 is 0. The highest BCUT2D eigenvalue weighted by atomic mass is 16.4. The molecule has 2 rings (SSSR count). The molecule has 0 spiro atoms. The molecule has 1 unspecified atom stereocenters. The molecule has 2 N–H and O–H groups in total. The van der Waals surface area contributed by atoms with Crippen LogP contribution >= 0.6 is 0 Å². The Morgan fingerprint density at radius 3 is 2.79 bits per heavy atom. The first kappa shape index (κ1) is 13.5. The molecule has 102 valence electrons. The van der Waals surface area contributed by atoms with Crippen molar-refractivity contribution in [3.8, 4) is 0 Å². The van der Waals surface area contributed by atoms with E-state index in [1.165, 1.54) is 0 Å². The zero-order valence-electron chi connectivity index (χ0n) is 11.1. The second-order valence-corrected chi connectivity index (χ2v) is 4.61. The number of fused-ring (bicyclic) bond motifs is 1. The van der Waals surface area contributed by atoms with Gasteiger partial charge in [-0.05, 0) is 38.0 Å². The molecule has 0 aliphatic carbocycles. The van der Waals surface area contributed by atoms with Crippen LogP contribution in [0.5, 0.6) is 0 Å². The highest BCUT2D eigenvalue weighted by Gasteiger charge is 2.16. The van der Waals surface area contributed by atoms with Crippen molar-refractivity contribution in [2.24, 2.45) is 0 Å². The van der Waals surface area contributed by atoms with Gasteiger partial charge in [-0.2, -0.15) is 0 Å². The Balaban J connectivity index is 2.60. The van der Waals surface area contributed by atoms with Crippen molar-refractivity contribution in [2.45, 2.75) is 32.7 Å². The van der Waals surface area contributed by atoms with Crippen LogP contribution in [0.2, 0.25) is 0 Å². The summed E-state index contributed by atoms with van der Waals surface area (Å²) in [4.78, 5) is 15.5. The van der Waals surface area contributed by atoms with E-state index in [2.05, 4.69) is 4.98 Å². The van der Waals surface area contributed by atoms with Crippen molar-refractivity contribution >= 4 is 17.0 Å². The lowest BCUT2D eigenvalue weighted by Gasteiger charge is -2.18. The van der Waals surface area contributed by atoms with Gasteiger partial charge in [0, 0.05) is 12.6 Å². The van der Waals surface area contributed by atoms with Gasteiger partial charge in [0.15, 0.2) is 0 Å². The summed E-state index contributed by atoms with van der Waals surface area (Å²) in [5.74, 6) is -0.0969. The third kappa shape index (κ3) is 2.46. The third-order valence-electron chi connectivity index (χ3n) is 3.41. The Morgan fingerprint density at radius 1 is 1.47 bits per heavy atom. The van der Waals surface area contributed by atoms with Gasteiger partial charge in [-0.25, -0.2) is 9.78 Å². The lowest BCUT2D eigenvalue weighted by atomic mass is 10.1. The minimum absolute atomic E-state index is 0.107. The molecule has 0 bridgehead atoms. The van der Waals surface area contributed by atoms with E-state index in [4.69, 9.17) is 10.2 Å². The molecule has 0 saturated heterocycles. The Hall–Kier alpha value is -1.88. The number of aromatic nitrogens is 2. The molecule has 2 aromatic rings. The third-order valence-corrected chi connectivity index (χ3v) is 3.41. The van der Waals surface area contributed by atoms with Crippen LogP contribution < -0.4 is 0 Å². The topological polar surface area (TPSA) is 75.3 Å². The fourth-order valence-corrected chi connectivity index (χ4v) is 2.47. The number of imidazole rings is 1. The standard InChI is InChI=1S/C14H18N2O3/c1-3-11(6-7-17)16-9(2)15-12-5-4-10(14(18)19)8-13(12)16/h4-5,8,11,17H,3,6-7H2,1-2H3,(H,18,19). The quantitative estimate of drug-likeness (QED) is 0.867. The van der Waals surface area contributed by atoms with Crippen molar-refractivity contribution in [1.82, 2.24) is 9.55 Å². The molecule has 0 saturated carbocycles. The van der Waals surface area contributed by atoms with Gasteiger partial charge in [0.05, 0.1) is 16.6 Å². The van der Waals surface area contributed by atoms with Crippen LogP contribution in [0.4, 0.5) is 0 Å². The maximum Gasteiger partial charge on any atom is 0.335 e. The molecule has 1 atom stereocenters. The minimum Gasteiger partial charge on any atom is -0.478 e. The van der Waals surface area contributed by atoms with Crippen molar-refractivity contribution in [2.75, 3.05) is 6.61 Å². The molecule has 19 heavy (non-hydrogen) atoms. The van der Waals surface area contributed by atoms with Gasteiger partial charge >= 0.3 is 5.97 Å². The van der Waals surface area contributed by atoms with Crippen LogP contribution in [0, 0.1) is 6.92 Å². The number of rotatable bonds is 5. The van der Waals surface area contributed by atoms with E-state index in [-0.39, 0.29) is 18.2 Å². The summed E-state index contributed by atoms with van der Waals surface area (Å²) in [5.41, 5.74) is 1.86.